The van der Waals surface area contributed by atoms with Crippen LogP contribution in [0, 0.1) is 0 Å². The predicted octanol–water partition coefficient (Wildman–Crippen LogP) is 3.09. The van der Waals surface area contributed by atoms with E-state index in [9.17, 15) is 0 Å². The summed E-state index contributed by atoms with van der Waals surface area (Å²) in [5, 5.41) is 1.04. The minimum absolute atomic E-state index is 0.840. The van der Waals surface area contributed by atoms with Crippen LogP contribution in [-0.2, 0) is 13.3 Å². The number of hydrogen-bond donors (Lipinski definition) is 0. The molecule has 4 nitrogen and oxygen atoms in total. The van der Waals surface area contributed by atoms with Crippen LogP contribution in [0.5, 0.6) is 0 Å². The summed E-state index contributed by atoms with van der Waals surface area (Å²) in [6.45, 7) is 0. The molecule has 0 aromatic carbocycles. The van der Waals surface area contributed by atoms with Crippen LogP contribution in [-0.4, -0.2) is 40.9 Å². The first-order chi connectivity index (χ1) is 8.76. The van der Waals surface area contributed by atoms with Gasteiger partial charge in [0, 0.05) is 39.3 Å². The van der Waals surface area contributed by atoms with Crippen LogP contribution in [0.15, 0.2) is 29.4 Å². The van der Waals surface area contributed by atoms with E-state index in [1.165, 1.54) is 0 Å². The molecule has 1 aromatic heterocycles. The average molecular weight is 305 g/mol. The van der Waals surface area contributed by atoms with Crippen molar-refractivity contribution < 1.29 is 13.3 Å². The minimum atomic E-state index is -2.38. The Morgan fingerprint density at radius 3 is 2.44 bits per heavy atom. The second kappa shape index (κ2) is 8.95. The van der Waals surface area contributed by atoms with E-state index in [0.29, 0.717) is 0 Å². The highest BCUT2D eigenvalue weighted by Gasteiger charge is 2.36. The summed E-state index contributed by atoms with van der Waals surface area (Å²) in [6, 6.07) is 6.77. The van der Waals surface area contributed by atoms with Crippen molar-refractivity contribution in [3.8, 4) is 0 Å². The van der Waals surface area contributed by atoms with Crippen molar-refractivity contribution in [2.75, 3.05) is 27.1 Å². The molecule has 0 bridgehead atoms. The molecule has 0 saturated carbocycles. The van der Waals surface area contributed by atoms with E-state index in [2.05, 4.69) is 4.98 Å². The highest BCUT2D eigenvalue weighted by Crippen LogP contribution is 2.30. The largest absolute Gasteiger partial charge is 0.500 e. The number of nitrogens with zero attached hydrogens (tertiary/aromatic N) is 1. The summed E-state index contributed by atoms with van der Waals surface area (Å²) in [7, 11) is 6.04. The molecule has 0 amide bonds. The Bertz CT molecular complexity index is 317. The molecule has 1 heterocycles. The van der Waals surface area contributed by atoms with Gasteiger partial charge in [0.25, 0.3) is 0 Å². The van der Waals surface area contributed by atoms with Gasteiger partial charge in [-0.3, -0.25) is 0 Å². The Hall–Kier alpha value is -0.0531. The molecule has 0 aliphatic heterocycles. The van der Waals surface area contributed by atoms with Crippen molar-refractivity contribution >= 4 is 30.4 Å². The van der Waals surface area contributed by atoms with E-state index in [0.717, 1.165) is 23.2 Å². The first-order valence-corrected chi connectivity index (χ1v) is 9.87. The summed E-state index contributed by atoms with van der Waals surface area (Å²) in [5.41, 5.74) is 0. The summed E-state index contributed by atoms with van der Waals surface area (Å²) >= 11 is 0. The average Bonchev–Trinajstić information content (AvgIpc) is 2.45. The Morgan fingerprint density at radius 1 is 1.17 bits per heavy atom. The summed E-state index contributed by atoms with van der Waals surface area (Å²) in [4.78, 5) is 4.25. The van der Waals surface area contributed by atoms with Crippen LogP contribution in [0.1, 0.15) is 6.42 Å². The lowest BCUT2D eigenvalue weighted by Gasteiger charge is -2.23. The van der Waals surface area contributed by atoms with Crippen molar-refractivity contribution in [3.63, 3.8) is 0 Å². The Labute approximate surface area is 118 Å². The molecule has 1 aromatic rings. The molecule has 102 valence electrons. The fourth-order valence-electron chi connectivity index (χ4n) is 1.40. The maximum atomic E-state index is 5.37. The molecule has 0 radical (unpaired) electrons. The molecule has 0 atom stereocenters. The van der Waals surface area contributed by atoms with Crippen molar-refractivity contribution in [2.24, 2.45) is 0 Å². The first-order valence-electron chi connectivity index (χ1n) is 5.62. The van der Waals surface area contributed by atoms with Crippen LogP contribution >= 0.6 is 21.6 Å². The maximum absolute atomic E-state index is 5.37. The predicted molar refractivity (Wildman–Crippen MR) is 78.8 cm³/mol. The van der Waals surface area contributed by atoms with E-state index in [-0.39, 0.29) is 0 Å². The van der Waals surface area contributed by atoms with Gasteiger partial charge in [-0.1, -0.05) is 16.9 Å². The Morgan fingerprint density at radius 2 is 1.89 bits per heavy atom. The normalized spacial score (nSPS) is 11.7. The quantitative estimate of drug-likeness (QED) is 0.397. The lowest BCUT2D eigenvalue weighted by Crippen LogP contribution is -2.42. The van der Waals surface area contributed by atoms with Crippen LogP contribution in [0.25, 0.3) is 0 Å². The summed E-state index contributed by atoms with van der Waals surface area (Å²) in [6.07, 6.45) is 2.81. The standard InChI is InChI=1S/C11H19NO3S2Si/c1-13-18(14-2,15-3)10-6-9-16-17-11-7-4-5-8-12-11/h4-5,7-8H,6,9-10H2,1-3H3. The van der Waals surface area contributed by atoms with Crippen LogP contribution in [0.2, 0.25) is 6.04 Å². The zero-order valence-corrected chi connectivity index (χ0v) is 13.6. The van der Waals surface area contributed by atoms with Gasteiger partial charge in [-0.25, -0.2) is 4.98 Å². The van der Waals surface area contributed by atoms with Crippen LogP contribution < -0.4 is 0 Å². The molecule has 0 unspecified atom stereocenters. The van der Waals surface area contributed by atoms with Gasteiger partial charge in [-0.2, -0.15) is 0 Å². The van der Waals surface area contributed by atoms with E-state index in [4.69, 9.17) is 13.3 Å². The van der Waals surface area contributed by atoms with Gasteiger partial charge in [0.1, 0.15) is 5.03 Å². The number of rotatable bonds is 9. The monoisotopic (exact) mass is 305 g/mol. The maximum Gasteiger partial charge on any atom is 0.500 e. The lowest BCUT2D eigenvalue weighted by atomic mass is 10.5. The SMILES string of the molecule is CO[Si](CCCSSc1ccccn1)(OC)OC. The highest BCUT2D eigenvalue weighted by atomic mass is 33.1. The van der Waals surface area contributed by atoms with Gasteiger partial charge in [0.2, 0.25) is 0 Å². The zero-order chi connectivity index (χ0) is 13.3. The van der Waals surface area contributed by atoms with E-state index in [1.807, 2.05) is 24.4 Å². The van der Waals surface area contributed by atoms with E-state index < -0.39 is 8.80 Å². The zero-order valence-electron chi connectivity index (χ0n) is 10.9. The Balaban J connectivity index is 2.18. The summed E-state index contributed by atoms with van der Waals surface area (Å²) < 4.78 is 16.1. The first kappa shape index (κ1) is 16.0. The van der Waals surface area contributed by atoms with Gasteiger partial charge in [0.15, 0.2) is 0 Å². The third-order valence-electron chi connectivity index (χ3n) is 2.43. The van der Waals surface area contributed by atoms with Crippen LogP contribution in [0.3, 0.4) is 0 Å². The molecular weight excluding hydrogens is 286 g/mol. The molecule has 0 saturated heterocycles. The fourth-order valence-corrected chi connectivity index (χ4v) is 5.35. The molecule has 0 N–H and O–H groups in total. The number of aromatic nitrogens is 1. The van der Waals surface area contributed by atoms with Crippen LogP contribution in [0.4, 0.5) is 0 Å². The Kier molecular flexibility index (Phi) is 7.95. The third-order valence-corrected chi connectivity index (χ3v) is 7.61. The molecule has 18 heavy (non-hydrogen) atoms. The number of hydrogen-bond acceptors (Lipinski definition) is 6. The molecular formula is C11H19NO3S2Si. The van der Waals surface area contributed by atoms with Crippen molar-refractivity contribution in [1.29, 1.82) is 0 Å². The van der Waals surface area contributed by atoms with Gasteiger partial charge in [-0.05, 0) is 29.3 Å². The second-order valence-corrected chi connectivity index (χ2v) is 9.00. The number of pyridine rings is 1. The lowest BCUT2D eigenvalue weighted by molar-refractivity contribution is 0.123. The van der Waals surface area contributed by atoms with Crippen molar-refractivity contribution in [2.45, 2.75) is 17.5 Å². The molecule has 0 fully saturated rings. The molecule has 7 heteroatoms. The van der Waals surface area contributed by atoms with Gasteiger partial charge in [-0.15, -0.1) is 0 Å². The highest BCUT2D eigenvalue weighted by molar-refractivity contribution is 8.76. The molecule has 0 aliphatic carbocycles. The molecule has 1 rings (SSSR count). The summed E-state index contributed by atoms with van der Waals surface area (Å²) in [5.74, 6) is 1.02. The van der Waals surface area contributed by atoms with Crippen molar-refractivity contribution in [1.82, 2.24) is 4.98 Å². The van der Waals surface area contributed by atoms with E-state index >= 15 is 0 Å². The van der Waals surface area contributed by atoms with Gasteiger partial charge >= 0.3 is 8.80 Å². The minimum Gasteiger partial charge on any atom is -0.377 e. The second-order valence-electron chi connectivity index (χ2n) is 3.47. The van der Waals surface area contributed by atoms with Crippen molar-refractivity contribution in [3.05, 3.63) is 24.4 Å². The topological polar surface area (TPSA) is 40.6 Å². The smallest absolute Gasteiger partial charge is 0.377 e. The third kappa shape index (κ3) is 5.29. The van der Waals surface area contributed by atoms with E-state index in [1.54, 1.807) is 42.9 Å². The molecule has 0 spiro atoms. The fraction of sp³-hybridized carbons (Fsp3) is 0.545. The van der Waals surface area contributed by atoms with Gasteiger partial charge < -0.3 is 13.3 Å². The van der Waals surface area contributed by atoms with Gasteiger partial charge in [0.05, 0.1) is 0 Å². The molecule has 0 aliphatic rings.